The van der Waals surface area contributed by atoms with E-state index in [1.54, 1.807) is 6.20 Å². The SMILES string of the molecule is Cc1cc(NC(=O)OC(C)(C)C)ccc1-c1ccnn1C. The zero-order valence-corrected chi connectivity index (χ0v) is 13.1. The van der Waals surface area contributed by atoms with Crippen LogP contribution in [0.2, 0.25) is 0 Å². The van der Waals surface area contributed by atoms with Crippen molar-refractivity contribution in [2.45, 2.75) is 33.3 Å². The maximum atomic E-state index is 11.8. The molecule has 112 valence electrons. The molecule has 0 atom stereocenters. The van der Waals surface area contributed by atoms with Gasteiger partial charge < -0.3 is 4.74 Å². The lowest BCUT2D eigenvalue weighted by molar-refractivity contribution is 0.0636. The first kappa shape index (κ1) is 15.1. The number of carbonyl (C=O) groups is 1. The number of ether oxygens (including phenoxy) is 1. The molecule has 2 aromatic rings. The Morgan fingerprint density at radius 3 is 2.52 bits per heavy atom. The van der Waals surface area contributed by atoms with Crippen LogP contribution in [0.5, 0.6) is 0 Å². The smallest absolute Gasteiger partial charge is 0.412 e. The summed E-state index contributed by atoms with van der Waals surface area (Å²) in [5.41, 5.74) is 3.40. The van der Waals surface area contributed by atoms with Crippen molar-refractivity contribution in [3.8, 4) is 11.3 Å². The van der Waals surface area contributed by atoms with Crippen molar-refractivity contribution < 1.29 is 9.53 Å². The lowest BCUT2D eigenvalue weighted by atomic mass is 10.0. The van der Waals surface area contributed by atoms with Crippen molar-refractivity contribution in [3.05, 3.63) is 36.0 Å². The number of aryl methyl sites for hydroxylation is 2. The van der Waals surface area contributed by atoms with Gasteiger partial charge in [0, 0.05) is 24.5 Å². The molecule has 1 amide bonds. The minimum atomic E-state index is -0.506. The number of hydrogen-bond donors (Lipinski definition) is 1. The van der Waals surface area contributed by atoms with E-state index >= 15 is 0 Å². The molecule has 1 aromatic heterocycles. The van der Waals surface area contributed by atoms with Crippen molar-refractivity contribution >= 4 is 11.8 Å². The fourth-order valence-corrected chi connectivity index (χ4v) is 2.09. The summed E-state index contributed by atoms with van der Waals surface area (Å²) >= 11 is 0. The van der Waals surface area contributed by atoms with Crippen molar-refractivity contribution in [3.63, 3.8) is 0 Å². The summed E-state index contributed by atoms with van der Waals surface area (Å²) in [5.74, 6) is 0. The second kappa shape index (κ2) is 5.60. The van der Waals surface area contributed by atoms with Crippen LogP contribution in [0.4, 0.5) is 10.5 Å². The van der Waals surface area contributed by atoms with Crippen molar-refractivity contribution in [2.24, 2.45) is 7.05 Å². The molecule has 0 aliphatic carbocycles. The van der Waals surface area contributed by atoms with Crippen LogP contribution in [0.3, 0.4) is 0 Å². The van der Waals surface area contributed by atoms with E-state index in [9.17, 15) is 4.79 Å². The van der Waals surface area contributed by atoms with E-state index in [0.29, 0.717) is 5.69 Å². The molecule has 0 aliphatic rings. The van der Waals surface area contributed by atoms with Gasteiger partial charge in [0.05, 0.1) is 5.69 Å². The van der Waals surface area contributed by atoms with Gasteiger partial charge in [-0.2, -0.15) is 5.10 Å². The Balaban J connectivity index is 2.17. The number of anilines is 1. The van der Waals surface area contributed by atoms with E-state index < -0.39 is 11.7 Å². The number of nitrogens with one attached hydrogen (secondary N) is 1. The molecule has 1 N–H and O–H groups in total. The Morgan fingerprint density at radius 2 is 2.00 bits per heavy atom. The average molecular weight is 287 g/mol. The first-order chi connectivity index (χ1) is 9.76. The molecule has 0 radical (unpaired) electrons. The standard InChI is InChI=1S/C16H21N3O2/c1-11-10-12(18-15(20)21-16(2,3)4)6-7-13(11)14-8-9-17-19(14)5/h6-10H,1-5H3,(H,18,20). The number of aromatic nitrogens is 2. The summed E-state index contributed by atoms with van der Waals surface area (Å²) < 4.78 is 7.06. The molecule has 5 nitrogen and oxygen atoms in total. The highest BCUT2D eigenvalue weighted by atomic mass is 16.6. The number of carbonyl (C=O) groups excluding carboxylic acids is 1. The number of hydrogen-bond acceptors (Lipinski definition) is 3. The summed E-state index contributed by atoms with van der Waals surface area (Å²) in [6, 6.07) is 7.72. The molecule has 2 rings (SSSR count). The molecule has 21 heavy (non-hydrogen) atoms. The van der Waals surface area contributed by atoms with Crippen molar-refractivity contribution in [2.75, 3.05) is 5.32 Å². The normalized spacial score (nSPS) is 11.3. The summed E-state index contributed by atoms with van der Waals surface area (Å²) in [7, 11) is 1.90. The lowest BCUT2D eigenvalue weighted by Crippen LogP contribution is -2.27. The molecule has 0 spiro atoms. The van der Waals surface area contributed by atoms with Gasteiger partial charge in [-0.3, -0.25) is 10.00 Å². The first-order valence-corrected chi connectivity index (χ1v) is 6.85. The van der Waals surface area contributed by atoms with E-state index in [1.807, 2.05) is 63.7 Å². The topological polar surface area (TPSA) is 56.1 Å². The summed E-state index contributed by atoms with van der Waals surface area (Å²) in [6.45, 7) is 7.51. The van der Waals surface area contributed by atoms with E-state index in [0.717, 1.165) is 16.8 Å². The predicted octanol–water partition coefficient (Wildman–Crippen LogP) is 3.74. The van der Waals surface area contributed by atoms with Gasteiger partial charge in [-0.25, -0.2) is 4.79 Å². The molecule has 0 saturated carbocycles. The second-order valence-corrected chi connectivity index (χ2v) is 6.00. The van der Waals surface area contributed by atoms with Crippen LogP contribution in [-0.2, 0) is 11.8 Å². The Labute approximate surface area is 124 Å². The zero-order chi connectivity index (χ0) is 15.6. The van der Waals surface area contributed by atoms with Gasteiger partial charge in [0.25, 0.3) is 0 Å². The molecule has 0 unspecified atom stereocenters. The van der Waals surface area contributed by atoms with Crippen LogP contribution < -0.4 is 5.32 Å². The molecule has 1 aromatic carbocycles. The fraction of sp³-hybridized carbons (Fsp3) is 0.375. The molecule has 0 bridgehead atoms. The summed E-state index contributed by atoms with van der Waals surface area (Å²) in [4.78, 5) is 11.8. The van der Waals surface area contributed by atoms with Crippen molar-refractivity contribution in [1.82, 2.24) is 9.78 Å². The van der Waals surface area contributed by atoms with Crippen LogP contribution >= 0.6 is 0 Å². The Bertz CT molecular complexity index is 654. The minimum Gasteiger partial charge on any atom is -0.444 e. The molecule has 0 fully saturated rings. The van der Waals surface area contributed by atoms with Crippen LogP contribution in [0.25, 0.3) is 11.3 Å². The number of amides is 1. The molecule has 0 aliphatic heterocycles. The highest BCUT2D eigenvalue weighted by molar-refractivity contribution is 5.85. The predicted molar refractivity (Wildman–Crippen MR) is 83.2 cm³/mol. The van der Waals surface area contributed by atoms with E-state index in [1.165, 1.54) is 0 Å². The highest BCUT2D eigenvalue weighted by Gasteiger charge is 2.16. The van der Waals surface area contributed by atoms with Gasteiger partial charge >= 0.3 is 6.09 Å². The third-order valence-corrected chi connectivity index (χ3v) is 2.97. The maximum Gasteiger partial charge on any atom is 0.412 e. The first-order valence-electron chi connectivity index (χ1n) is 6.85. The average Bonchev–Trinajstić information content (AvgIpc) is 2.73. The molecule has 1 heterocycles. The monoisotopic (exact) mass is 287 g/mol. The van der Waals surface area contributed by atoms with E-state index in [4.69, 9.17) is 4.74 Å². The van der Waals surface area contributed by atoms with Gasteiger partial charge in [-0.1, -0.05) is 6.07 Å². The third kappa shape index (κ3) is 3.84. The fourth-order valence-electron chi connectivity index (χ4n) is 2.09. The largest absolute Gasteiger partial charge is 0.444 e. The molecular formula is C16H21N3O2. The van der Waals surface area contributed by atoms with Crippen LogP contribution in [0.15, 0.2) is 30.5 Å². The van der Waals surface area contributed by atoms with Gasteiger partial charge in [-0.05, 0) is 51.5 Å². The number of benzene rings is 1. The minimum absolute atomic E-state index is 0.449. The summed E-state index contributed by atoms with van der Waals surface area (Å²) in [5, 5.41) is 6.91. The Morgan fingerprint density at radius 1 is 1.29 bits per heavy atom. The lowest BCUT2D eigenvalue weighted by Gasteiger charge is -2.20. The van der Waals surface area contributed by atoms with Crippen LogP contribution in [0.1, 0.15) is 26.3 Å². The molecule has 5 heteroatoms. The Hall–Kier alpha value is -2.30. The van der Waals surface area contributed by atoms with Gasteiger partial charge in [0.1, 0.15) is 5.60 Å². The zero-order valence-electron chi connectivity index (χ0n) is 13.1. The quantitative estimate of drug-likeness (QED) is 0.915. The van der Waals surface area contributed by atoms with E-state index in [2.05, 4.69) is 10.4 Å². The highest BCUT2D eigenvalue weighted by Crippen LogP contribution is 2.25. The van der Waals surface area contributed by atoms with Crippen LogP contribution in [-0.4, -0.2) is 21.5 Å². The maximum absolute atomic E-state index is 11.8. The molecular weight excluding hydrogens is 266 g/mol. The van der Waals surface area contributed by atoms with Crippen LogP contribution in [0, 0.1) is 6.92 Å². The van der Waals surface area contributed by atoms with Gasteiger partial charge in [0.2, 0.25) is 0 Å². The van der Waals surface area contributed by atoms with Gasteiger partial charge in [-0.15, -0.1) is 0 Å². The molecule has 0 saturated heterocycles. The van der Waals surface area contributed by atoms with Gasteiger partial charge in [0.15, 0.2) is 0 Å². The number of rotatable bonds is 2. The van der Waals surface area contributed by atoms with Crippen molar-refractivity contribution in [1.29, 1.82) is 0 Å². The summed E-state index contributed by atoms with van der Waals surface area (Å²) in [6.07, 6.45) is 1.32. The van der Waals surface area contributed by atoms with E-state index in [-0.39, 0.29) is 0 Å². The third-order valence-electron chi connectivity index (χ3n) is 2.97. The second-order valence-electron chi connectivity index (χ2n) is 6.00. The number of nitrogens with zero attached hydrogens (tertiary/aromatic N) is 2. The Kier molecular flexibility index (Phi) is 4.02.